The molecule has 0 aliphatic rings. The molecule has 104 valence electrons. The van der Waals surface area contributed by atoms with Gasteiger partial charge in [0.05, 0.1) is 11.0 Å². The van der Waals surface area contributed by atoms with Crippen LogP contribution in [-0.4, -0.2) is 6.04 Å². The average molecular weight is 328 g/mol. The van der Waals surface area contributed by atoms with Crippen molar-refractivity contribution >= 4 is 26.9 Å². The second-order valence-corrected chi connectivity index (χ2v) is 6.25. The summed E-state index contributed by atoms with van der Waals surface area (Å²) < 4.78 is 19.9. The lowest BCUT2D eigenvalue weighted by Crippen LogP contribution is -2.22. The van der Waals surface area contributed by atoms with Crippen LogP contribution in [-0.2, 0) is 6.54 Å². The Labute approximate surface area is 121 Å². The Morgan fingerprint density at radius 1 is 1.26 bits per heavy atom. The molecule has 1 N–H and O–H groups in total. The minimum atomic E-state index is -0.292. The smallest absolute Gasteiger partial charge is 0.141 e. The molecule has 0 saturated heterocycles. The first-order valence-electron chi connectivity index (χ1n) is 6.53. The zero-order valence-corrected chi connectivity index (χ0v) is 13.3. The van der Waals surface area contributed by atoms with E-state index >= 15 is 0 Å². The van der Waals surface area contributed by atoms with Crippen molar-refractivity contribution in [1.29, 1.82) is 0 Å². The van der Waals surface area contributed by atoms with Gasteiger partial charge in [-0.15, -0.1) is 0 Å². The Balaban J connectivity index is 2.53. The molecule has 0 saturated carbocycles. The molecule has 1 aromatic carbocycles. The minimum absolute atomic E-state index is 0.292. The Morgan fingerprint density at radius 2 is 1.95 bits per heavy atom. The summed E-state index contributed by atoms with van der Waals surface area (Å²) in [4.78, 5) is 0. The molecule has 19 heavy (non-hydrogen) atoms. The van der Waals surface area contributed by atoms with Crippen molar-refractivity contribution in [2.75, 3.05) is 0 Å². The number of hydrogen-bond acceptors (Lipinski definition) is 2. The SMILES string of the molecule is CC(C)NCc1oc2cc(F)c(Br)cc2c1C(C)C. The summed E-state index contributed by atoms with van der Waals surface area (Å²) in [5, 5.41) is 4.34. The van der Waals surface area contributed by atoms with Gasteiger partial charge in [-0.2, -0.15) is 0 Å². The van der Waals surface area contributed by atoms with Crippen LogP contribution in [0.1, 0.15) is 44.9 Å². The molecule has 0 atom stereocenters. The molecule has 0 amide bonds. The van der Waals surface area contributed by atoms with Crippen molar-refractivity contribution in [2.24, 2.45) is 0 Å². The van der Waals surface area contributed by atoms with Gasteiger partial charge in [-0.1, -0.05) is 27.7 Å². The van der Waals surface area contributed by atoms with Crippen LogP contribution in [0.4, 0.5) is 4.39 Å². The lowest BCUT2D eigenvalue weighted by molar-refractivity contribution is 0.479. The third kappa shape index (κ3) is 3.00. The first-order chi connectivity index (χ1) is 8.90. The van der Waals surface area contributed by atoms with Gasteiger partial charge in [0.1, 0.15) is 17.2 Å². The van der Waals surface area contributed by atoms with Gasteiger partial charge in [-0.25, -0.2) is 4.39 Å². The monoisotopic (exact) mass is 327 g/mol. The van der Waals surface area contributed by atoms with Crippen LogP contribution in [0.3, 0.4) is 0 Å². The van der Waals surface area contributed by atoms with Crippen LogP contribution in [0.15, 0.2) is 21.0 Å². The third-order valence-electron chi connectivity index (χ3n) is 3.09. The van der Waals surface area contributed by atoms with Gasteiger partial charge in [-0.3, -0.25) is 0 Å². The van der Waals surface area contributed by atoms with Gasteiger partial charge in [0.15, 0.2) is 0 Å². The van der Waals surface area contributed by atoms with Gasteiger partial charge in [0, 0.05) is 23.1 Å². The topological polar surface area (TPSA) is 25.2 Å². The Hall–Kier alpha value is -0.870. The van der Waals surface area contributed by atoms with Gasteiger partial charge < -0.3 is 9.73 Å². The van der Waals surface area contributed by atoms with E-state index in [-0.39, 0.29) is 5.82 Å². The fourth-order valence-corrected chi connectivity index (χ4v) is 2.57. The van der Waals surface area contributed by atoms with E-state index in [1.165, 1.54) is 6.07 Å². The van der Waals surface area contributed by atoms with E-state index in [0.717, 1.165) is 16.7 Å². The molecule has 0 aliphatic carbocycles. The Kier molecular flexibility index (Phi) is 4.31. The average Bonchev–Trinajstić information content (AvgIpc) is 2.64. The number of hydrogen-bond donors (Lipinski definition) is 1. The van der Waals surface area contributed by atoms with Crippen LogP contribution < -0.4 is 5.32 Å². The highest BCUT2D eigenvalue weighted by atomic mass is 79.9. The van der Waals surface area contributed by atoms with Crippen molar-refractivity contribution in [1.82, 2.24) is 5.32 Å². The van der Waals surface area contributed by atoms with Crippen LogP contribution in [0.25, 0.3) is 11.0 Å². The molecule has 0 spiro atoms. The first kappa shape index (κ1) is 14.5. The fourth-order valence-electron chi connectivity index (χ4n) is 2.22. The molecule has 0 bridgehead atoms. The van der Waals surface area contributed by atoms with E-state index in [1.54, 1.807) is 0 Å². The quantitative estimate of drug-likeness (QED) is 0.858. The molecule has 4 heteroatoms. The fraction of sp³-hybridized carbons (Fsp3) is 0.467. The number of nitrogens with one attached hydrogen (secondary N) is 1. The van der Waals surface area contributed by atoms with Crippen molar-refractivity contribution < 1.29 is 8.81 Å². The summed E-state index contributed by atoms with van der Waals surface area (Å²) >= 11 is 3.24. The molecule has 0 aliphatic heterocycles. The Bertz CT molecular complexity index is 589. The number of furan rings is 1. The maximum atomic E-state index is 13.6. The maximum absolute atomic E-state index is 13.6. The summed E-state index contributed by atoms with van der Waals surface area (Å²) in [7, 11) is 0. The predicted molar refractivity (Wildman–Crippen MR) is 79.9 cm³/mol. The second kappa shape index (κ2) is 5.63. The summed E-state index contributed by atoms with van der Waals surface area (Å²) in [6.07, 6.45) is 0. The molecule has 0 unspecified atom stereocenters. The third-order valence-corrected chi connectivity index (χ3v) is 3.70. The van der Waals surface area contributed by atoms with E-state index < -0.39 is 0 Å². The van der Waals surface area contributed by atoms with E-state index in [1.807, 2.05) is 6.07 Å². The molecule has 1 heterocycles. The zero-order chi connectivity index (χ0) is 14.2. The molecule has 2 rings (SSSR count). The number of halogens is 2. The van der Waals surface area contributed by atoms with E-state index in [2.05, 4.69) is 48.9 Å². The van der Waals surface area contributed by atoms with E-state index in [0.29, 0.717) is 28.6 Å². The van der Waals surface area contributed by atoms with Gasteiger partial charge in [0.25, 0.3) is 0 Å². The summed E-state index contributed by atoms with van der Waals surface area (Å²) in [5.41, 5.74) is 1.77. The largest absolute Gasteiger partial charge is 0.459 e. The van der Waals surface area contributed by atoms with Crippen molar-refractivity contribution in [3.8, 4) is 0 Å². The maximum Gasteiger partial charge on any atom is 0.141 e. The van der Waals surface area contributed by atoms with Crippen LogP contribution in [0.5, 0.6) is 0 Å². The van der Waals surface area contributed by atoms with Gasteiger partial charge >= 0.3 is 0 Å². The Morgan fingerprint density at radius 3 is 2.53 bits per heavy atom. The zero-order valence-electron chi connectivity index (χ0n) is 11.7. The van der Waals surface area contributed by atoms with Gasteiger partial charge in [0.2, 0.25) is 0 Å². The first-order valence-corrected chi connectivity index (χ1v) is 7.33. The van der Waals surface area contributed by atoms with Crippen LogP contribution >= 0.6 is 15.9 Å². The van der Waals surface area contributed by atoms with Crippen LogP contribution in [0.2, 0.25) is 0 Å². The second-order valence-electron chi connectivity index (χ2n) is 5.39. The van der Waals surface area contributed by atoms with Crippen LogP contribution in [0, 0.1) is 5.82 Å². The minimum Gasteiger partial charge on any atom is -0.459 e. The molecule has 2 nitrogen and oxygen atoms in total. The standard InChI is InChI=1S/C15H19BrFNO/c1-8(2)15-10-5-11(16)12(17)6-13(10)19-14(15)7-18-9(3)4/h5-6,8-9,18H,7H2,1-4H3. The molecule has 2 aromatic rings. The molecule has 0 fully saturated rings. The van der Waals surface area contributed by atoms with Crippen molar-refractivity contribution in [3.05, 3.63) is 33.7 Å². The lowest BCUT2D eigenvalue weighted by Gasteiger charge is -2.09. The van der Waals surface area contributed by atoms with Crippen molar-refractivity contribution in [2.45, 2.75) is 46.2 Å². The molecular formula is C15H19BrFNO. The molecule has 1 aromatic heterocycles. The summed E-state index contributed by atoms with van der Waals surface area (Å²) in [6, 6.07) is 3.64. The predicted octanol–water partition coefficient (Wildman–Crippen LogP) is 4.96. The lowest BCUT2D eigenvalue weighted by atomic mass is 9.99. The molecule has 0 radical (unpaired) electrons. The highest BCUT2D eigenvalue weighted by Gasteiger charge is 2.18. The summed E-state index contributed by atoms with van der Waals surface area (Å²) in [5.74, 6) is 0.943. The van der Waals surface area contributed by atoms with Gasteiger partial charge in [-0.05, 0) is 27.9 Å². The number of benzene rings is 1. The van der Waals surface area contributed by atoms with Crippen molar-refractivity contribution in [3.63, 3.8) is 0 Å². The normalized spacial score (nSPS) is 12.0. The highest BCUT2D eigenvalue weighted by Crippen LogP contribution is 2.34. The van der Waals surface area contributed by atoms with E-state index in [9.17, 15) is 4.39 Å². The number of rotatable bonds is 4. The number of fused-ring (bicyclic) bond motifs is 1. The summed E-state index contributed by atoms with van der Waals surface area (Å²) in [6.45, 7) is 9.10. The molecular weight excluding hydrogens is 309 g/mol. The van der Waals surface area contributed by atoms with E-state index in [4.69, 9.17) is 4.42 Å². The highest BCUT2D eigenvalue weighted by molar-refractivity contribution is 9.10.